The minimum atomic E-state index is -0.939. The number of likely N-dealkylation sites (N-methyl/N-ethyl adjacent to an activating group) is 1. The van der Waals surface area contributed by atoms with Gasteiger partial charge >= 0.3 is 0 Å². The molecule has 2 aliphatic heterocycles. The number of fused-ring (bicyclic) bond motifs is 2. The molecule has 4 rings (SSSR count). The van der Waals surface area contributed by atoms with Crippen molar-refractivity contribution >= 4 is 11.6 Å². The lowest BCUT2D eigenvalue weighted by molar-refractivity contribution is -0.122. The Bertz CT molecular complexity index is 803. The molecule has 2 aromatic carbocycles. The summed E-state index contributed by atoms with van der Waals surface area (Å²) in [6.45, 7) is 0. The predicted molar refractivity (Wildman–Crippen MR) is 84.9 cm³/mol. The van der Waals surface area contributed by atoms with Crippen molar-refractivity contribution in [1.82, 2.24) is 0 Å². The van der Waals surface area contributed by atoms with Crippen molar-refractivity contribution in [1.29, 1.82) is 0 Å². The van der Waals surface area contributed by atoms with Gasteiger partial charge in [-0.15, -0.1) is 0 Å². The molecule has 0 bridgehead atoms. The third-order valence-corrected chi connectivity index (χ3v) is 4.62. The molecule has 5 heteroatoms. The Kier molecular flexibility index (Phi) is 2.90. The number of rotatable bonds is 3. The lowest BCUT2D eigenvalue weighted by Crippen LogP contribution is -2.29. The van der Waals surface area contributed by atoms with Crippen molar-refractivity contribution in [2.75, 3.05) is 26.2 Å². The quantitative estimate of drug-likeness (QED) is 0.818. The number of methoxy groups -OCH3 is 2. The van der Waals surface area contributed by atoms with Gasteiger partial charge in [0.05, 0.1) is 19.9 Å². The molecule has 0 radical (unpaired) electrons. The maximum Gasteiger partial charge on any atom is 0.266 e. The summed E-state index contributed by atoms with van der Waals surface area (Å²) in [5, 5.41) is 0. The van der Waals surface area contributed by atoms with Crippen LogP contribution in [0.5, 0.6) is 11.5 Å². The molecule has 2 heterocycles. The van der Waals surface area contributed by atoms with E-state index in [0.29, 0.717) is 11.5 Å². The van der Waals surface area contributed by atoms with E-state index in [9.17, 15) is 4.79 Å². The van der Waals surface area contributed by atoms with Crippen molar-refractivity contribution in [3.63, 3.8) is 0 Å². The average molecular weight is 311 g/mol. The first-order valence-electron chi connectivity index (χ1n) is 7.41. The van der Waals surface area contributed by atoms with Crippen LogP contribution in [-0.4, -0.2) is 27.2 Å². The molecular formula is C18H17NO4. The van der Waals surface area contributed by atoms with E-state index < -0.39 is 5.60 Å². The van der Waals surface area contributed by atoms with Crippen molar-refractivity contribution in [3.8, 4) is 11.5 Å². The largest absolute Gasteiger partial charge is 0.493 e. The van der Waals surface area contributed by atoms with Crippen LogP contribution in [0.3, 0.4) is 0 Å². The van der Waals surface area contributed by atoms with Gasteiger partial charge in [-0.3, -0.25) is 4.79 Å². The first kappa shape index (κ1) is 14.1. The fraction of sp³-hybridized carbons (Fsp3) is 0.278. The zero-order valence-electron chi connectivity index (χ0n) is 13.2. The second kappa shape index (κ2) is 4.73. The van der Waals surface area contributed by atoms with Gasteiger partial charge < -0.3 is 19.1 Å². The maximum absolute atomic E-state index is 12.8. The van der Waals surface area contributed by atoms with Gasteiger partial charge in [0.2, 0.25) is 5.60 Å². The molecule has 0 aliphatic carbocycles. The molecule has 118 valence electrons. The highest BCUT2D eigenvalue weighted by Gasteiger charge is 2.70. The van der Waals surface area contributed by atoms with Crippen LogP contribution in [0, 0.1) is 0 Å². The summed E-state index contributed by atoms with van der Waals surface area (Å²) < 4.78 is 16.8. The first-order chi connectivity index (χ1) is 11.1. The van der Waals surface area contributed by atoms with E-state index in [1.807, 2.05) is 42.5 Å². The molecule has 0 saturated carbocycles. The summed E-state index contributed by atoms with van der Waals surface area (Å²) in [7, 11) is 4.96. The average Bonchev–Trinajstić information content (AvgIpc) is 3.31. The molecule has 1 spiro atoms. The number of anilines is 1. The number of epoxide rings is 1. The number of benzene rings is 2. The summed E-state index contributed by atoms with van der Waals surface area (Å²) in [5.74, 6) is 1.19. The van der Waals surface area contributed by atoms with Gasteiger partial charge in [0.1, 0.15) is 6.10 Å². The molecule has 2 aliphatic rings. The SMILES string of the molecule is COc1cccc([C@H]2O[C@]23C(=O)N(C)c2ccccc23)c1OC. The van der Waals surface area contributed by atoms with Gasteiger partial charge in [0, 0.05) is 18.2 Å². The number of hydrogen-bond acceptors (Lipinski definition) is 4. The Labute approximate surface area is 134 Å². The number of carbonyl (C=O) groups excluding carboxylic acids is 1. The Morgan fingerprint density at radius 3 is 2.61 bits per heavy atom. The van der Waals surface area contributed by atoms with Crippen LogP contribution in [0.1, 0.15) is 17.2 Å². The molecule has 5 nitrogen and oxygen atoms in total. The van der Waals surface area contributed by atoms with E-state index in [4.69, 9.17) is 14.2 Å². The summed E-state index contributed by atoms with van der Waals surface area (Å²) >= 11 is 0. The molecule has 2 aromatic rings. The van der Waals surface area contributed by atoms with Crippen molar-refractivity contribution in [2.45, 2.75) is 11.7 Å². The highest BCUT2D eigenvalue weighted by atomic mass is 16.6. The van der Waals surface area contributed by atoms with Gasteiger partial charge in [0.25, 0.3) is 5.91 Å². The smallest absolute Gasteiger partial charge is 0.266 e. The van der Waals surface area contributed by atoms with Gasteiger partial charge in [-0.05, 0) is 12.1 Å². The van der Waals surface area contributed by atoms with Crippen LogP contribution >= 0.6 is 0 Å². The fourth-order valence-electron chi connectivity index (χ4n) is 3.47. The van der Waals surface area contributed by atoms with E-state index in [-0.39, 0.29) is 12.0 Å². The molecule has 1 fully saturated rings. The molecule has 0 aromatic heterocycles. The highest BCUT2D eigenvalue weighted by Crippen LogP contribution is 2.64. The zero-order chi connectivity index (χ0) is 16.2. The Hall–Kier alpha value is -2.53. The fourth-order valence-corrected chi connectivity index (χ4v) is 3.47. The summed E-state index contributed by atoms with van der Waals surface area (Å²) in [5.41, 5.74) is 1.68. The Balaban J connectivity index is 1.83. The monoisotopic (exact) mass is 311 g/mol. The number of ether oxygens (including phenoxy) is 3. The van der Waals surface area contributed by atoms with Crippen LogP contribution in [0.2, 0.25) is 0 Å². The summed E-state index contributed by atoms with van der Waals surface area (Å²) in [6.07, 6.45) is -0.369. The lowest BCUT2D eigenvalue weighted by atomic mass is 9.92. The molecule has 1 saturated heterocycles. The van der Waals surface area contributed by atoms with Crippen LogP contribution < -0.4 is 14.4 Å². The molecule has 0 N–H and O–H groups in total. The van der Waals surface area contributed by atoms with E-state index in [2.05, 4.69) is 0 Å². The Morgan fingerprint density at radius 2 is 1.87 bits per heavy atom. The molecule has 1 amide bonds. The van der Waals surface area contributed by atoms with E-state index >= 15 is 0 Å². The number of amides is 1. The second-order valence-corrected chi connectivity index (χ2v) is 5.70. The third-order valence-electron chi connectivity index (χ3n) is 4.62. The van der Waals surface area contributed by atoms with E-state index in [1.54, 1.807) is 26.2 Å². The van der Waals surface area contributed by atoms with Gasteiger partial charge in [0.15, 0.2) is 11.5 Å². The number of nitrogens with zero attached hydrogens (tertiary/aromatic N) is 1. The van der Waals surface area contributed by atoms with Gasteiger partial charge in [-0.25, -0.2) is 0 Å². The van der Waals surface area contributed by atoms with Crippen LogP contribution in [0.15, 0.2) is 42.5 Å². The van der Waals surface area contributed by atoms with Gasteiger partial charge in [-0.1, -0.05) is 30.3 Å². The molecule has 23 heavy (non-hydrogen) atoms. The van der Waals surface area contributed by atoms with Gasteiger partial charge in [-0.2, -0.15) is 0 Å². The van der Waals surface area contributed by atoms with Crippen LogP contribution in [0.25, 0.3) is 0 Å². The van der Waals surface area contributed by atoms with E-state index in [0.717, 1.165) is 16.8 Å². The van der Waals surface area contributed by atoms with Crippen molar-refractivity contribution in [3.05, 3.63) is 53.6 Å². The number of carbonyl (C=O) groups is 1. The topological polar surface area (TPSA) is 51.3 Å². The first-order valence-corrected chi connectivity index (χ1v) is 7.41. The van der Waals surface area contributed by atoms with Crippen molar-refractivity contribution < 1.29 is 19.0 Å². The number of hydrogen-bond donors (Lipinski definition) is 0. The molecular weight excluding hydrogens is 294 g/mol. The predicted octanol–water partition coefficient (Wildman–Crippen LogP) is 2.65. The Morgan fingerprint density at radius 1 is 1.09 bits per heavy atom. The minimum absolute atomic E-state index is 0.0476. The lowest BCUT2D eigenvalue weighted by Gasteiger charge is -2.12. The molecule has 0 unspecified atom stereocenters. The second-order valence-electron chi connectivity index (χ2n) is 5.70. The zero-order valence-corrected chi connectivity index (χ0v) is 13.2. The minimum Gasteiger partial charge on any atom is -0.493 e. The standard InChI is InChI=1S/C18H17NO4/c1-19-13-9-5-4-8-12(13)18(17(19)20)16(23-18)11-7-6-10-14(21-2)15(11)22-3/h4-10,16H,1-3H3/t16-,18+/m1/s1. The molecule has 2 atom stereocenters. The third kappa shape index (κ3) is 1.68. The van der Waals surface area contributed by atoms with Crippen LogP contribution in [0.4, 0.5) is 5.69 Å². The normalized spacial score (nSPS) is 24.7. The summed E-state index contributed by atoms with van der Waals surface area (Å²) in [6, 6.07) is 13.3. The number of para-hydroxylation sites is 2. The highest BCUT2D eigenvalue weighted by molar-refractivity contribution is 6.09. The maximum atomic E-state index is 12.8. The van der Waals surface area contributed by atoms with E-state index in [1.165, 1.54) is 0 Å². The summed E-state index contributed by atoms with van der Waals surface area (Å²) in [4.78, 5) is 14.5. The van der Waals surface area contributed by atoms with Crippen LogP contribution in [-0.2, 0) is 15.1 Å². The van der Waals surface area contributed by atoms with Crippen molar-refractivity contribution in [2.24, 2.45) is 0 Å².